The zero-order chi connectivity index (χ0) is 14.4. The Morgan fingerprint density at radius 3 is 2.40 bits per heavy atom. The van der Waals surface area contributed by atoms with Crippen LogP contribution in [0.5, 0.6) is 0 Å². The molecular formula is C16H25BGeO2. The molecule has 4 heteroatoms. The average molecular weight is 333 g/mol. The van der Waals surface area contributed by atoms with Crippen LogP contribution in [0.25, 0.3) is 0 Å². The van der Waals surface area contributed by atoms with Crippen molar-refractivity contribution in [3.05, 3.63) is 46.3 Å². The zero-order valence-corrected chi connectivity index (χ0v) is 15.0. The van der Waals surface area contributed by atoms with E-state index >= 15 is 0 Å². The molecule has 1 fully saturated rings. The van der Waals surface area contributed by atoms with E-state index in [9.17, 15) is 0 Å². The Morgan fingerprint density at radius 1 is 1.15 bits per heavy atom. The molecular weight excluding hydrogens is 308 g/mol. The number of rotatable bonds is 5. The van der Waals surface area contributed by atoms with Crippen LogP contribution < -0.4 is 0 Å². The summed E-state index contributed by atoms with van der Waals surface area (Å²) in [5.41, 5.74) is 1.40. The SMILES string of the molecule is [CH3][Ge]([CH3])([CH3])/[C](=C/CCc1ccccc1)B1OCCCO1. The summed E-state index contributed by atoms with van der Waals surface area (Å²) in [5.74, 6) is 7.24. The van der Waals surface area contributed by atoms with E-state index in [2.05, 4.69) is 53.7 Å². The molecule has 108 valence electrons. The number of hydrogen-bond donors (Lipinski definition) is 0. The molecule has 1 aromatic carbocycles. The fourth-order valence-electron chi connectivity index (χ4n) is 2.46. The van der Waals surface area contributed by atoms with E-state index in [0.29, 0.717) is 0 Å². The molecule has 1 heterocycles. The summed E-state index contributed by atoms with van der Waals surface area (Å²) in [4.78, 5) is 0. The first-order chi connectivity index (χ1) is 9.57. The summed E-state index contributed by atoms with van der Waals surface area (Å²) in [6.45, 7) is 1.66. The van der Waals surface area contributed by atoms with Gasteiger partial charge < -0.3 is 0 Å². The van der Waals surface area contributed by atoms with Crippen molar-refractivity contribution in [1.29, 1.82) is 0 Å². The quantitative estimate of drug-likeness (QED) is 0.762. The fourth-order valence-corrected chi connectivity index (χ4v) is 5.88. The predicted molar refractivity (Wildman–Crippen MR) is 88.5 cm³/mol. The molecule has 0 N–H and O–H groups in total. The predicted octanol–water partition coefficient (Wildman–Crippen LogP) is 3.89. The van der Waals surface area contributed by atoms with Crippen LogP contribution in [-0.2, 0) is 15.7 Å². The molecule has 0 spiro atoms. The Labute approximate surface area is 126 Å². The van der Waals surface area contributed by atoms with Crippen LogP contribution in [0.15, 0.2) is 40.7 Å². The normalized spacial score (nSPS) is 17.4. The average Bonchev–Trinajstić information content (AvgIpc) is 2.44. The first kappa shape index (κ1) is 15.9. The molecule has 0 bridgehead atoms. The van der Waals surface area contributed by atoms with Gasteiger partial charge in [-0.2, -0.15) is 0 Å². The number of aryl methyl sites for hydroxylation is 1. The van der Waals surface area contributed by atoms with Crippen LogP contribution in [0, 0.1) is 0 Å². The molecule has 1 aromatic rings. The third kappa shape index (κ3) is 4.79. The van der Waals surface area contributed by atoms with Crippen LogP contribution in [0.4, 0.5) is 0 Å². The Morgan fingerprint density at radius 2 is 1.80 bits per heavy atom. The summed E-state index contributed by atoms with van der Waals surface area (Å²) in [7, 11) is -0.0699. The zero-order valence-electron chi connectivity index (χ0n) is 12.9. The van der Waals surface area contributed by atoms with Crippen molar-refractivity contribution in [2.24, 2.45) is 0 Å². The third-order valence-electron chi connectivity index (χ3n) is 3.59. The number of allylic oxidation sites excluding steroid dienone is 1. The molecule has 0 amide bonds. The first-order valence-corrected chi connectivity index (χ1v) is 14.9. The summed E-state index contributed by atoms with van der Waals surface area (Å²) in [5, 5.41) is 0. The van der Waals surface area contributed by atoms with E-state index in [-0.39, 0.29) is 7.12 Å². The van der Waals surface area contributed by atoms with Gasteiger partial charge in [0, 0.05) is 0 Å². The van der Waals surface area contributed by atoms with Crippen molar-refractivity contribution in [2.75, 3.05) is 13.2 Å². The molecule has 0 atom stereocenters. The van der Waals surface area contributed by atoms with Crippen molar-refractivity contribution in [1.82, 2.24) is 0 Å². The van der Waals surface area contributed by atoms with Crippen LogP contribution >= 0.6 is 0 Å². The molecule has 0 saturated carbocycles. The van der Waals surface area contributed by atoms with E-state index in [1.807, 2.05) is 0 Å². The van der Waals surface area contributed by atoms with Gasteiger partial charge in [-0.1, -0.05) is 0 Å². The molecule has 2 nitrogen and oxygen atoms in total. The first-order valence-electron chi connectivity index (χ1n) is 7.55. The van der Waals surface area contributed by atoms with Gasteiger partial charge in [0.1, 0.15) is 0 Å². The minimum absolute atomic E-state index is 0.0699. The summed E-state index contributed by atoms with van der Waals surface area (Å²) >= 11 is -1.92. The Balaban J connectivity index is 2.01. The second-order valence-electron chi connectivity index (χ2n) is 6.36. The van der Waals surface area contributed by atoms with Crippen LogP contribution in [0.1, 0.15) is 18.4 Å². The Hall–Kier alpha value is -0.512. The molecule has 20 heavy (non-hydrogen) atoms. The molecule has 1 saturated heterocycles. The van der Waals surface area contributed by atoms with Crippen LogP contribution in [0.2, 0.25) is 17.3 Å². The molecule has 1 aliphatic rings. The van der Waals surface area contributed by atoms with Gasteiger partial charge in [-0.25, -0.2) is 0 Å². The van der Waals surface area contributed by atoms with Crippen molar-refractivity contribution in [2.45, 2.75) is 36.5 Å². The molecule has 2 rings (SSSR count). The summed E-state index contributed by atoms with van der Waals surface area (Å²) in [6, 6.07) is 10.7. The van der Waals surface area contributed by atoms with E-state index in [0.717, 1.165) is 32.5 Å². The maximum atomic E-state index is 5.83. The standard InChI is InChI=1S/C16H25BGeO2/c1-18(2,3)16(17-19-13-8-14-20-17)12-7-11-15-9-5-4-6-10-15/h4-6,9-10,12H,7-8,11,13-14H2,1-3H3/b16-12+. The fraction of sp³-hybridized carbons (Fsp3) is 0.500. The summed E-state index contributed by atoms with van der Waals surface area (Å²) in [6.07, 6.45) is 5.58. The van der Waals surface area contributed by atoms with Crippen LogP contribution in [-0.4, -0.2) is 33.6 Å². The molecule has 0 aliphatic carbocycles. The Bertz CT molecular complexity index is 434. The second kappa shape index (κ2) is 7.48. The molecule has 0 unspecified atom stereocenters. The van der Waals surface area contributed by atoms with Crippen molar-refractivity contribution >= 4 is 20.4 Å². The van der Waals surface area contributed by atoms with Gasteiger partial charge in [0.15, 0.2) is 0 Å². The van der Waals surface area contributed by atoms with Gasteiger partial charge >= 0.3 is 126 Å². The minimum atomic E-state index is -1.92. The van der Waals surface area contributed by atoms with Gasteiger partial charge in [0.05, 0.1) is 0 Å². The third-order valence-corrected chi connectivity index (χ3v) is 8.14. The molecule has 0 radical (unpaired) electrons. The van der Waals surface area contributed by atoms with E-state index in [4.69, 9.17) is 9.31 Å². The van der Waals surface area contributed by atoms with Crippen molar-refractivity contribution in [3.63, 3.8) is 0 Å². The molecule has 1 aliphatic heterocycles. The van der Waals surface area contributed by atoms with E-state index < -0.39 is 13.3 Å². The van der Waals surface area contributed by atoms with Crippen molar-refractivity contribution in [3.8, 4) is 0 Å². The number of benzene rings is 1. The second-order valence-corrected chi connectivity index (χ2v) is 17.0. The summed E-state index contributed by atoms with van der Waals surface area (Å²) < 4.78 is 13.1. The van der Waals surface area contributed by atoms with Gasteiger partial charge in [0.25, 0.3) is 0 Å². The maximum absolute atomic E-state index is 5.83. The molecule has 0 aromatic heterocycles. The van der Waals surface area contributed by atoms with Gasteiger partial charge in [-0.05, 0) is 0 Å². The van der Waals surface area contributed by atoms with Crippen molar-refractivity contribution < 1.29 is 9.31 Å². The van der Waals surface area contributed by atoms with Gasteiger partial charge in [-0.3, -0.25) is 0 Å². The van der Waals surface area contributed by atoms with Crippen LogP contribution in [0.3, 0.4) is 0 Å². The van der Waals surface area contributed by atoms with Gasteiger partial charge in [-0.15, -0.1) is 0 Å². The van der Waals surface area contributed by atoms with E-state index in [1.54, 1.807) is 0 Å². The topological polar surface area (TPSA) is 18.5 Å². The number of hydrogen-bond acceptors (Lipinski definition) is 2. The Kier molecular flexibility index (Phi) is 5.94. The van der Waals surface area contributed by atoms with Gasteiger partial charge in [0.2, 0.25) is 0 Å². The monoisotopic (exact) mass is 334 g/mol. The van der Waals surface area contributed by atoms with E-state index in [1.165, 1.54) is 9.87 Å².